The highest BCUT2D eigenvalue weighted by Crippen LogP contribution is 2.27. The molecule has 0 radical (unpaired) electrons. The summed E-state index contributed by atoms with van der Waals surface area (Å²) in [7, 11) is 1.88. The fourth-order valence-electron chi connectivity index (χ4n) is 2.71. The predicted molar refractivity (Wildman–Crippen MR) is 78.2 cm³/mol. The zero-order chi connectivity index (χ0) is 14.0. The van der Waals surface area contributed by atoms with E-state index in [0.717, 1.165) is 12.2 Å². The molecule has 1 fully saturated rings. The highest BCUT2D eigenvalue weighted by molar-refractivity contribution is 5.87. The van der Waals surface area contributed by atoms with Gasteiger partial charge in [-0.15, -0.1) is 0 Å². The van der Waals surface area contributed by atoms with E-state index in [9.17, 15) is 4.79 Å². The second-order valence-corrected chi connectivity index (χ2v) is 5.33. The summed E-state index contributed by atoms with van der Waals surface area (Å²) < 4.78 is 0. The van der Waals surface area contributed by atoms with E-state index < -0.39 is 0 Å². The van der Waals surface area contributed by atoms with E-state index in [-0.39, 0.29) is 18.0 Å². The van der Waals surface area contributed by atoms with Gasteiger partial charge in [0.1, 0.15) is 6.04 Å². The van der Waals surface area contributed by atoms with Crippen molar-refractivity contribution in [3.05, 3.63) is 29.8 Å². The fourth-order valence-corrected chi connectivity index (χ4v) is 2.71. The summed E-state index contributed by atoms with van der Waals surface area (Å²) in [6.07, 6.45) is 0.699. The third-order valence-electron chi connectivity index (χ3n) is 4.00. The third-order valence-corrected chi connectivity index (χ3v) is 4.00. The van der Waals surface area contributed by atoms with E-state index in [1.54, 1.807) is 0 Å². The Morgan fingerprint density at radius 3 is 2.68 bits per heavy atom. The molecular formula is C15H23N3O. The van der Waals surface area contributed by atoms with Crippen LogP contribution in [0, 0.1) is 6.92 Å². The zero-order valence-corrected chi connectivity index (χ0v) is 12.0. The van der Waals surface area contributed by atoms with Crippen LogP contribution < -0.4 is 10.6 Å². The summed E-state index contributed by atoms with van der Waals surface area (Å²) in [5.41, 5.74) is 8.03. The molecule has 0 aromatic heterocycles. The first-order valence-electron chi connectivity index (χ1n) is 6.85. The monoisotopic (exact) mass is 261 g/mol. The molecule has 19 heavy (non-hydrogen) atoms. The lowest BCUT2D eigenvalue weighted by Crippen LogP contribution is -2.60. The summed E-state index contributed by atoms with van der Waals surface area (Å²) in [5, 5.41) is 0. The first-order valence-corrected chi connectivity index (χ1v) is 6.85. The van der Waals surface area contributed by atoms with Gasteiger partial charge in [0, 0.05) is 25.3 Å². The van der Waals surface area contributed by atoms with Gasteiger partial charge in [0.2, 0.25) is 5.91 Å². The Labute approximate surface area is 115 Å². The molecule has 1 aromatic rings. The molecule has 0 saturated carbocycles. The van der Waals surface area contributed by atoms with Crippen LogP contribution in [0.5, 0.6) is 0 Å². The molecule has 1 aromatic carbocycles. The van der Waals surface area contributed by atoms with Crippen LogP contribution in [-0.4, -0.2) is 43.0 Å². The number of anilines is 1. The van der Waals surface area contributed by atoms with Gasteiger partial charge in [0.25, 0.3) is 0 Å². The topological polar surface area (TPSA) is 49.6 Å². The smallest absolute Gasteiger partial charge is 0.245 e. The number of nitrogens with two attached hydrogens (primary N) is 1. The molecule has 1 heterocycles. The first-order chi connectivity index (χ1) is 9.06. The average Bonchev–Trinajstić information content (AvgIpc) is 2.40. The van der Waals surface area contributed by atoms with Crippen LogP contribution in [-0.2, 0) is 4.79 Å². The van der Waals surface area contributed by atoms with E-state index in [2.05, 4.69) is 30.9 Å². The van der Waals surface area contributed by atoms with Crippen LogP contribution in [0.2, 0.25) is 0 Å². The van der Waals surface area contributed by atoms with Crippen molar-refractivity contribution in [2.45, 2.75) is 32.4 Å². The SMILES string of the molecule is Cc1ccccc1N1CC(C)N(C)C(=O)C1CCN. The number of hydrogen-bond donors (Lipinski definition) is 1. The number of aryl methyl sites for hydroxylation is 1. The maximum absolute atomic E-state index is 12.4. The number of para-hydroxylation sites is 1. The summed E-state index contributed by atoms with van der Waals surface area (Å²) in [5.74, 6) is 0.174. The van der Waals surface area contributed by atoms with Gasteiger partial charge < -0.3 is 15.5 Å². The highest BCUT2D eigenvalue weighted by atomic mass is 16.2. The number of carbonyl (C=O) groups is 1. The minimum atomic E-state index is -0.132. The van der Waals surface area contributed by atoms with Gasteiger partial charge in [-0.3, -0.25) is 4.79 Å². The number of carbonyl (C=O) groups excluding carboxylic acids is 1. The number of nitrogens with zero attached hydrogens (tertiary/aromatic N) is 2. The average molecular weight is 261 g/mol. The molecule has 2 atom stereocenters. The Kier molecular flexibility index (Phi) is 4.10. The largest absolute Gasteiger partial charge is 0.357 e. The Morgan fingerprint density at radius 2 is 2.05 bits per heavy atom. The fraction of sp³-hybridized carbons (Fsp3) is 0.533. The first kappa shape index (κ1) is 13.9. The van der Waals surface area contributed by atoms with Crippen LogP contribution in [0.15, 0.2) is 24.3 Å². The zero-order valence-electron chi connectivity index (χ0n) is 12.0. The Hall–Kier alpha value is -1.55. The summed E-state index contributed by atoms with van der Waals surface area (Å²) in [6, 6.07) is 8.31. The van der Waals surface area contributed by atoms with Crippen LogP contribution in [0.3, 0.4) is 0 Å². The van der Waals surface area contributed by atoms with Crippen molar-refractivity contribution >= 4 is 11.6 Å². The molecule has 4 heteroatoms. The van der Waals surface area contributed by atoms with Gasteiger partial charge in [0.15, 0.2) is 0 Å². The summed E-state index contributed by atoms with van der Waals surface area (Å²) in [6.45, 7) is 5.56. The van der Waals surface area contributed by atoms with Gasteiger partial charge in [-0.1, -0.05) is 18.2 Å². The van der Waals surface area contributed by atoms with Crippen molar-refractivity contribution in [3.8, 4) is 0 Å². The molecule has 2 unspecified atom stereocenters. The van der Waals surface area contributed by atoms with Crippen molar-refractivity contribution in [2.24, 2.45) is 5.73 Å². The van der Waals surface area contributed by atoms with Crippen LogP contribution in [0.4, 0.5) is 5.69 Å². The second-order valence-electron chi connectivity index (χ2n) is 5.33. The lowest BCUT2D eigenvalue weighted by atomic mass is 10.0. The van der Waals surface area contributed by atoms with E-state index >= 15 is 0 Å². The third kappa shape index (κ3) is 2.59. The Balaban J connectivity index is 2.36. The number of rotatable bonds is 3. The normalized spacial score (nSPS) is 23.9. The maximum atomic E-state index is 12.4. The molecule has 1 aliphatic rings. The van der Waals surface area contributed by atoms with E-state index in [4.69, 9.17) is 5.73 Å². The van der Waals surface area contributed by atoms with Crippen molar-refractivity contribution in [1.29, 1.82) is 0 Å². The maximum Gasteiger partial charge on any atom is 0.245 e. The van der Waals surface area contributed by atoms with Gasteiger partial charge in [-0.05, 0) is 38.4 Å². The summed E-state index contributed by atoms with van der Waals surface area (Å²) in [4.78, 5) is 16.5. The van der Waals surface area contributed by atoms with Gasteiger partial charge in [0.05, 0.1) is 0 Å². The quantitative estimate of drug-likeness (QED) is 0.894. The second kappa shape index (κ2) is 5.61. The number of amides is 1. The molecule has 0 bridgehead atoms. The molecule has 104 valence electrons. The van der Waals surface area contributed by atoms with E-state index in [1.807, 2.05) is 24.1 Å². The molecule has 2 N–H and O–H groups in total. The predicted octanol–water partition coefficient (Wildman–Crippen LogP) is 1.38. The van der Waals surface area contributed by atoms with Gasteiger partial charge in [-0.25, -0.2) is 0 Å². The van der Waals surface area contributed by atoms with Crippen LogP contribution in [0.1, 0.15) is 18.9 Å². The molecule has 0 aliphatic carbocycles. The lowest BCUT2D eigenvalue weighted by Gasteiger charge is -2.44. The molecule has 2 rings (SSSR count). The molecule has 4 nitrogen and oxygen atoms in total. The van der Waals surface area contributed by atoms with Gasteiger partial charge >= 0.3 is 0 Å². The molecule has 0 spiro atoms. The number of benzene rings is 1. The molecule has 1 aliphatic heterocycles. The van der Waals surface area contributed by atoms with Crippen molar-refractivity contribution in [3.63, 3.8) is 0 Å². The van der Waals surface area contributed by atoms with Crippen LogP contribution >= 0.6 is 0 Å². The number of piperazine rings is 1. The van der Waals surface area contributed by atoms with Gasteiger partial charge in [-0.2, -0.15) is 0 Å². The number of hydrogen-bond acceptors (Lipinski definition) is 3. The van der Waals surface area contributed by atoms with E-state index in [0.29, 0.717) is 13.0 Å². The molecule has 1 amide bonds. The standard InChI is InChI=1S/C15H23N3O/c1-11-6-4-5-7-13(11)18-10-12(2)17(3)15(19)14(18)8-9-16/h4-7,12,14H,8-10,16H2,1-3H3. The highest BCUT2D eigenvalue weighted by Gasteiger charge is 2.36. The van der Waals surface area contributed by atoms with Crippen LogP contribution in [0.25, 0.3) is 0 Å². The Morgan fingerprint density at radius 1 is 1.37 bits per heavy atom. The van der Waals surface area contributed by atoms with Crippen molar-refractivity contribution in [1.82, 2.24) is 4.90 Å². The number of likely N-dealkylation sites (N-methyl/N-ethyl adjacent to an activating group) is 1. The lowest BCUT2D eigenvalue weighted by molar-refractivity contribution is -0.135. The Bertz CT molecular complexity index is 460. The summed E-state index contributed by atoms with van der Waals surface area (Å²) >= 11 is 0. The van der Waals surface area contributed by atoms with Crippen molar-refractivity contribution in [2.75, 3.05) is 25.0 Å². The molecular weight excluding hydrogens is 238 g/mol. The minimum Gasteiger partial charge on any atom is -0.357 e. The molecule has 1 saturated heterocycles. The minimum absolute atomic E-state index is 0.132. The van der Waals surface area contributed by atoms with E-state index in [1.165, 1.54) is 5.56 Å². The van der Waals surface area contributed by atoms with Crippen molar-refractivity contribution < 1.29 is 4.79 Å².